The van der Waals surface area contributed by atoms with Crippen LogP contribution in [0.15, 0.2) is 0 Å². The van der Waals surface area contributed by atoms with E-state index in [0.717, 1.165) is 24.6 Å². The fraction of sp³-hybridized carbons (Fsp3) is 0.800. The minimum Gasteiger partial charge on any atom is -0.380 e. The largest absolute Gasteiger partial charge is 0.380 e. The molecule has 0 spiro atoms. The van der Waals surface area contributed by atoms with Gasteiger partial charge in [-0.15, -0.1) is 0 Å². The molecule has 84 valence electrons. The van der Waals surface area contributed by atoms with Gasteiger partial charge in [0, 0.05) is 19.6 Å². The van der Waals surface area contributed by atoms with Gasteiger partial charge >= 0.3 is 0 Å². The van der Waals surface area contributed by atoms with Crippen LogP contribution < -0.4 is 5.32 Å². The van der Waals surface area contributed by atoms with Crippen LogP contribution >= 0.6 is 0 Å². The number of aromatic amines is 1. The van der Waals surface area contributed by atoms with Gasteiger partial charge in [0.05, 0.1) is 12.1 Å². The first kappa shape index (κ1) is 10.6. The molecule has 5 heteroatoms. The van der Waals surface area contributed by atoms with Crippen molar-refractivity contribution in [3.63, 3.8) is 0 Å². The summed E-state index contributed by atoms with van der Waals surface area (Å²) in [4.78, 5) is 4.48. The van der Waals surface area contributed by atoms with Gasteiger partial charge in [-0.25, -0.2) is 4.98 Å². The number of hydrogen-bond donors (Lipinski definition) is 2. The van der Waals surface area contributed by atoms with E-state index in [0.29, 0.717) is 12.0 Å². The number of hydrogen-bond acceptors (Lipinski definition) is 4. The summed E-state index contributed by atoms with van der Waals surface area (Å²) >= 11 is 0. The molecule has 2 atom stereocenters. The number of H-pyrrole nitrogens is 1. The smallest absolute Gasteiger partial charge is 0.153 e. The predicted octanol–water partition coefficient (Wildman–Crippen LogP) is 0.978. The molecular weight excluding hydrogens is 192 g/mol. The van der Waals surface area contributed by atoms with Crippen LogP contribution in [0.25, 0.3) is 0 Å². The first-order valence-electron chi connectivity index (χ1n) is 5.39. The SMILES string of the molecule is COC1CNC(c2nc(C(C)C)n[nH]2)C1. The molecule has 2 heterocycles. The van der Waals surface area contributed by atoms with E-state index in [-0.39, 0.29) is 6.04 Å². The molecular formula is C10H18N4O. The lowest BCUT2D eigenvalue weighted by molar-refractivity contribution is 0.117. The van der Waals surface area contributed by atoms with E-state index in [1.165, 1.54) is 0 Å². The monoisotopic (exact) mass is 210 g/mol. The number of ether oxygens (including phenoxy) is 1. The van der Waals surface area contributed by atoms with Crippen LogP contribution in [0.1, 0.15) is 43.9 Å². The second-order valence-electron chi connectivity index (χ2n) is 4.29. The normalized spacial score (nSPS) is 26.4. The Bertz CT molecular complexity index is 323. The molecule has 1 saturated heterocycles. The summed E-state index contributed by atoms with van der Waals surface area (Å²) in [5, 5.41) is 10.6. The Hall–Kier alpha value is -0.940. The molecule has 2 unspecified atom stereocenters. The quantitative estimate of drug-likeness (QED) is 0.780. The van der Waals surface area contributed by atoms with Gasteiger partial charge in [-0.2, -0.15) is 5.10 Å². The zero-order chi connectivity index (χ0) is 10.8. The summed E-state index contributed by atoms with van der Waals surface area (Å²) in [6, 6.07) is 0.259. The van der Waals surface area contributed by atoms with Crippen LogP contribution in [0.5, 0.6) is 0 Å². The second-order valence-corrected chi connectivity index (χ2v) is 4.29. The second kappa shape index (κ2) is 4.28. The van der Waals surface area contributed by atoms with E-state index >= 15 is 0 Å². The maximum absolute atomic E-state index is 5.29. The summed E-state index contributed by atoms with van der Waals surface area (Å²) in [6.07, 6.45) is 1.26. The van der Waals surface area contributed by atoms with Crippen LogP contribution in [0.2, 0.25) is 0 Å². The molecule has 1 fully saturated rings. The van der Waals surface area contributed by atoms with Crippen LogP contribution in [-0.2, 0) is 4.74 Å². The van der Waals surface area contributed by atoms with E-state index in [4.69, 9.17) is 4.74 Å². The molecule has 0 saturated carbocycles. The Morgan fingerprint density at radius 2 is 2.27 bits per heavy atom. The van der Waals surface area contributed by atoms with Crippen molar-refractivity contribution in [2.24, 2.45) is 0 Å². The third kappa shape index (κ3) is 2.18. The van der Waals surface area contributed by atoms with Gasteiger partial charge in [-0.05, 0) is 6.42 Å². The van der Waals surface area contributed by atoms with Crippen LogP contribution in [0.4, 0.5) is 0 Å². The van der Waals surface area contributed by atoms with Crippen molar-refractivity contribution < 1.29 is 4.74 Å². The molecule has 0 aliphatic carbocycles. The number of nitrogens with one attached hydrogen (secondary N) is 2. The molecule has 2 N–H and O–H groups in total. The Labute approximate surface area is 89.6 Å². The van der Waals surface area contributed by atoms with E-state index < -0.39 is 0 Å². The fourth-order valence-electron chi connectivity index (χ4n) is 1.79. The topological polar surface area (TPSA) is 62.8 Å². The maximum atomic E-state index is 5.29. The highest BCUT2D eigenvalue weighted by Crippen LogP contribution is 2.22. The highest BCUT2D eigenvalue weighted by molar-refractivity contribution is 5.02. The summed E-state index contributed by atoms with van der Waals surface area (Å²) in [5.74, 6) is 2.18. The summed E-state index contributed by atoms with van der Waals surface area (Å²) in [6.45, 7) is 5.07. The third-order valence-electron chi connectivity index (χ3n) is 2.79. The van der Waals surface area contributed by atoms with Crippen molar-refractivity contribution in [3.05, 3.63) is 11.6 Å². The zero-order valence-corrected chi connectivity index (χ0v) is 9.45. The lowest BCUT2D eigenvalue weighted by atomic mass is 10.2. The first-order valence-corrected chi connectivity index (χ1v) is 5.39. The predicted molar refractivity (Wildman–Crippen MR) is 56.6 cm³/mol. The van der Waals surface area contributed by atoms with Crippen molar-refractivity contribution in [3.8, 4) is 0 Å². The lowest BCUT2D eigenvalue weighted by Crippen LogP contribution is -2.16. The van der Waals surface area contributed by atoms with Gasteiger partial charge in [0.2, 0.25) is 0 Å². The molecule has 1 aliphatic heterocycles. The summed E-state index contributed by atoms with van der Waals surface area (Å²) in [7, 11) is 1.74. The highest BCUT2D eigenvalue weighted by Gasteiger charge is 2.27. The van der Waals surface area contributed by atoms with Gasteiger partial charge in [0.1, 0.15) is 5.82 Å². The van der Waals surface area contributed by atoms with Crippen LogP contribution in [-0.4, -0.2) is 34.9 Å². The average Bonchev–Trinajstić information content (AvgIpc) is 2.86. The van der Waals surface area contributed by atoms with Crippen molar-refractivity contribution in [2.45, 2.75) is 38.3 Å². The molecule has 0 amide bonds. The molecule has 0 aromatic carbocycles. The average molecular weight is 210 g/mol. The van der Waals surface area contributed by atoms with Gasteiger partial charge in [0.15, 0.2) is 5.82 Å². The highest BCUT2D eigenvalue weighted by atomic mass is 16.5. The number of aromatic nitrogens is 3. The molecule has 2 rings (SSSR count). The number of nitrogens with zero attached hydrogens (tertiary/aromatic N) is 2. The Kier molecular flexibility index (Phi) is 3.02. The lowest BCUT2D eigenvalue weighted by Gasteiger charge is -2.05. The number of rotatable bonds is 3. The minimum atomic E-state index is 0.259. The Morgan fingerprint density at radius 3 is 2.80 bits per heavy atom. The van der Waals surface area contributed by atoms with E-state index in [9.17, 15) is 0 Å². The standard InChI is InChI=1S/C10H18N4O/c1-6(2)9-12-10(14-13-9)8-4-7(15-3)5-11-8/h6-8,11H,4-5H2,1-3H3,(H,12,13,14). The Balaban J connectivity index is 2.04. The van der Waals surface area contributed by atoms with Crippen molar-refractivity contribution in [2.75, 3.05) is 13.7 Å². The van der Waals surface area contributed by atoms with Gasteiger partial charge in [-0.1, -0.05) is 13.8 Å². The number of methoxy groups -OCH3 is 1. The van der Waals surface area contributed by atoms with Gasteiger partial charge in [0.25, 0.3) is 0 Å². The van der Waals surface area contributed by atoms with Crippen molar-refractivity contribution in [1.29, 1.82) is 0 Å². The molecule has 0 radical (unpaired) electrons. The molecule has 0 bridgehead atoms. The summed E-state index contributed by atoms with van der Waals surface area (Å²) < 4.78 is 5.29. The first-order chi connectivity index (χ1) is 7.20. The maximum Gasteiger partial charge on any atom is 0.153 e. The zero-order valence-electron chi connectivity index (χ0n) is 9.45. The molecule has 1 aliphatic rings. The van der Waals surface area contributed by atoms with Gasteiger partial charge < -0.3 is 10.1 Å². The molecule has 1 aromatic heterocycles. The van der Waals surface area contributed by atoms with Crippen molar-refractivity contribution >= 4 is 0 Å². The van der Waals surface area contributed by atoms with E-state index in [2.05, 4.69) is 34.3 Å². The third-order valence-corrected chi connectivity index (χ3v) is 2.79. The molecule has 5 nitrogen and oxygen atoms in total. The fourth-order valence-corrected chi connectivity index (χ4v) is 1.79. The summed E-state index contributed by atoms with van der Waals surface area (Å²) in [5.41, 5.74) is 0. The van der Waals surface area contributed by atoms with E-state index in [1.807, 2.05) is 0 Å². The van der Waals surface area contributed by atoms with Crippen LogP contribution in [0, 0.1) is 0 Å². The van der Waals surface area contributed by atoms with Crippen molar-refractivity contribution in [1.82, 2.24) is 20.5 Å². The molecule has 1 aromatic rings. The van der Waals surface area contributed by atoms with Crippen LogP contribution in [0.3, 0.4) is 0 Å². The Morgan fingerprint density at radius 1 is 1.47 bits per heavy atom. The van der Waals surface area contributed by atoms with Gasteiger partial charge in [-0.3, -0.25) is 5.10 Å². The van der Waals surface area contributed by atoms with E-state index in [1.54, 1.807) is 7.11 Å². The minimum absolute atomic E-state index is 0.259. The molecule has 15 heavy (non-hydrogen) atoms.